The molecule has 0 aliphatic carbocycles. The molecule has 5 heteroatoms. The quantitative estimate of drug-likeness (QED) is 0.932. The number of thioether (sulfide) groups is 1. The van der Waals surface area contributed by atoms with Crippen molar-refractivity contribution in [3.8, 4) is 5.75 Å². The number of nitrogens with zero attached hydrogens (tertiary/aromatic N) is 1. The Hall–Kier alpha value is -2.27. The molecule has 2 N–H and O–H groups in total. The lowest BCUT2D eigenvalue weighted by Gasteiger charge is -2.19. The van der Waals surface area contributed by atoms with Crippen LogP contribution in [-0.4, -0.2) is 12.3 Å². The first kappa shape index (κ1) is 14.7. The lowest BCUT2D eigenvalue weighted by Crippen LogP contribution is -2.13. The summed E-state index contributed by atoms with van der Waals surface area (Å²) in [6.07, 6.45) is 2.04. The molecular weight excluding hydrogens is 299 g/mol. The van der Waals surface area contributed by atoms with E-state index in [0.29, 0.717) is 5.17 Å². The van der Waals surface area contributed by atoms with E-state index < -0.39 is 0 Å². The highest BCUT2D eigenvalue weighted by atomic mass is 32.2. The van der Waals surface area contributed by atoms with Crippen LogP contribution in [0.15, 0.2) is 59.6 Å². The summed E-state index contributed by atoms with van der Waals surface area (Å²) in [7, 11) is 1.64. The van der Waals surface area contributed by atoms with Crippen LogP contribution < -0.4 is 10.5 Å². The maximum Gasteiger partial charge on any atom is 0.160 e. The number of rotatable bonds is 3. The average Bonchev–Trinajstić information content (AvgIpc) is 2.55. The van der Waals surface area contributed by atoms with Crippen molar-refractivity contribution in [3.63, 3.8) is 0 Å². The molecule has 1 aliphatic heterocycles. The summed E-state index contributed by atoms with van der Waals surface area (Å²) in [5.74, 6) is 0.548. The third kappa shape index (κ3) is 3.14. The van der Waals surface area contributed by atoms with Gasteiger partial charge >= 0.3 is 0 Å². The molecule has 0 aromatic heterocycles. The Morgan fingerprint density at radius 3 is 2.41 bits per heavy atom. The minimum atomic E-state index is -0.266. The van der Waals surface area contributed by atoms with Crippen molar-refractivity contribution < 1.29 is 9.13 Å². The summed E-state index contributed by atoms with van der Waals surface area (Å²) in [5, 5.41) is 0.575. The number of aliphatic imine (C=N–C) groups is 1. The Labute approximate surface area is 132 Å². The standard InChI is InChI=1S/C17H15FN2OS/c1-21-14-8-4-12(5-9-14)16-10-15(20-17(19)22-16)11-2-6-13(18)7-3-11/h2-10,16H,1H3,(H2,19,20). The maximum absolute atomic E-state index is 13.0. The topological polar surface area (TPSA) is 47.6 Å². The number of nitrogens with two attached hydrogens (primary N) is 1. The van der Waals surface area contributed by atoms with Crippen molar-refractivity contribution >= 4 is 22.6 Å². The van der Waals surface area contributed by atoms with E-state index in [1.54, 1.807) is 19.2 Å². The first-order valence-electron chi connectivity index (χ1n) is 6.78. The summed E-state index contributed by atoms with van der Waals surface area (Å²) >= 11 is 1.49. The maximum atomic E-state index is 13.0. The molecule has 2 aromatic rings. The number of amidine groups is 1. The van der Waals surface area contributed by atoms with Crippen LogP contribution in [0.5, 0.6) is 5.75 Å². The Bertz CT molecular complexity index is 723. The number of hydrogen-bond acceptors (Lipinski definition) is 4. The Morgan fingerprint density at radius 2 is 1.77 bits per heavy atom. The molecule has 112 valence electrons. The van der Waals surface area contributed by atoms with Crippen LogP contribution in [0.2, 0.25) is 0 Å². The smallest absolute Gasteiger partial charge is 0.160 e. The van der Waals surface area contributed by atoms with Crippen LogP contribution in [0.1, 0.15) is 16.4 Å². The van der Waals surface area contributed by atoms with Crippen molar-refractivity contribution in [2.24, 2.45) is 10.7 Å². The summed E-state index contributed by atoms with van der Waals surface area (Å²) in [4.78, 5) is 4.36. The predicted molar refractivity (Wildman–Crippen MR) is 89.3 cm³/mol. The normalized spacial score (nSPS) is 17.6. The van der Waals surface area contributed by atoms with Gasteiger partial charge < -0.3 is 10.5 Å². The van der Waals surface area contributed by atoms with E-state index in [1.165, 1.54) is 23.9 Å². The van der Waals surface area contributed by atoms with Crippen LogP contribution in [0.4, 0.5) is 4.39 Å². The fraction of sp³-hybridized carbons (Fsp3) is 0.118. The van der Waals surface area contributed by atoms with Gasteiger partial charge in [-0.1, -0.05) is 23.9 Å². The van der Waals surface area contributed by atoms with Crippen molar-refractivity contribution in [2.45, 2.75) is 5.25 Å². The zero-order chi connectivity index (χ0) is 15.5. The van der Waals surface area contributed by atoms with Gasteiger partial charge in [-0.3, -0.25) is 0 Å². The van der Waals surface area contributed by atoms with E-state index in [-0.39, 0.29) is 11.1 Å². The Balaban J connectivity index is 1.92. The average molecular weight is 314 g/mol. The molecule has 22 heavy (non-hydrogen) atoms. The van der Waals surface area contributed by atoms with Gasteiger partial charge in [0.05, 0.1) is 18.1 Å². The van der Waals surface area contributed by atoms with Gasteiger partial charge in [0.2, 0.25) is 0 Å². The molecule has 3 rings (SSSR count). The van der Waals surface area contributed by atoms with Gasteiger partial charge in [0, 0.05) is 5.56 Å². The third-order valence-corrected chi connectivity index (χ3v) is 4.37. The largest absolute Gasteiger partial charge is 0.497 e. The highest BCUT2D eigenvalue weighted by Gasteiger charge is 2.18. The summed E-state index contributed by atoms with van der Waals surface area (Å²) in [6, 6.07) is 14.1. The summed E-state index contributed by atoms with van der Waals surface area (Å²) in [5.41, 5.74) is 8.68. The monoisotopic (exact) mass is 314 g/mol. The highest BCUT2D eigenvalue weighted by molar-refractivity contribution is 8.14. The molecule has 1 aliphatic rings. The molecule has 0 amide bonds. The molecule has 1 heterocycles. The minimum absolute atomic E-state index is 0.0726. The van der Waals surface area contributed by atoms with Gasteiger partial charge in [-0.2, -0.15) is 0 Å². The second kappa shape index (κ2) is 6.23. The summed E-state index contributed by atoms with van der Waals surface area (Å²) in [6.45, 7) is 0. The molecule has 1 atom stereocenters. The number of halogens is 1. The lowest BCUT2D eigenvalue weighted by atomic mass is 10.1. The SMILES string of the molecule is COc1ccc(C2C=C(c3ccc(F)cc3)N=C(N)S2)cc1. The van der Waals surface area contributed by atoms with Crippen LogP contribution in [-0.2, 0) is 0 Å². The molecule has 3 nitrogen and oxygen atoms in total. The number of methoxy groups -OCH3 is 1. The molecule has 1 unspecified atom stereocenters. The second-order valence-electron chi connectivity index (χ2n) is 4.82. The fourth-order valence-electron chi connectivity index (χ4n) is 2.23. The number of benzene rings is 2. The van der Waals surface area contributed by atoms with E-state index in [2.05, 4.69) is 4.99 Å². The van der Waals surface area contributed by atoms with Crippen LogP contribution in [0.25, 0.3) is 5.70 Å². The molecule has 0 fully saturated rings. The second-order valence-corrected chi connectivity index (χ2v) is 5.98. The van der Waals surface area contributed by atoms with Crippen LogP contribution in [0.3, 0.4) is 0 Å². The summed E-state index contributed by atoms with van der Waals surface area (Å²) < 4.78 is 18.2. The fourth-order valence-corrected chi connectivity index (χ4v) is 3.13. The van der Waals surface area contributed by atoms with Crippen molar-refractivity contribution in [3.05, 3.63) is 71.6 Å². The zero-order valence-corrected chi connectivity index (χ0v) is 12.8. The van der Waals surface area contributed by atoms with Crippen molar-refractivity contribution in [1.29, 1.82) is 0 Å². The number of ether oxygens (including phenoxy) is 1. The third-order valence-electron chi connectivity index (χ3n) is 3.37. The van der Waals surface area contributed by atoms with Gasteiger partial charge in [-0.25, -0.2) is 9.38 Å². The van der Waals surface area contributed by atoms with E-state index in [4.69, 9.17) is 10.5 Å². The molecule has 0 radical (unpaired) electrons. The number of hydrogen-bond donors (Lipinski definition) is 1. The molecule has 0 saturated heterocycles. The molecule has 0 saturated carbocycles. The first-order valence-corrected chi connectivity index (χ1v) is 7.66. The Kier molecular flexibility index (Phi) is 4.15. The van der Waals surface area contributed by atoms with Gasteiger partial charge in [-0.15, -0.1) is 0 Å². The highest BCUT2D eigenvalue weighted by Crippen LogP contribution is 2.38. The first-order chi connectivity index (χ1) is 10.7. The van der Waals surface area contributed by atoms with Gasteiger partial charge in [0.15, 0.2) is 5.17 Å². The molecule has 0 bridgehead atoms. The van der Waals surface area contributed by atoms with Crippen molar-refractivity contribution in [2.75, 3.05) is 7.11 Å². The van der Waals surface area contributed by atoms with E-state index in [9.17, 15) is 4.39 Å². The molecule has 0 spiro atoms. The van der Waals surface area contributed by atoms with E-state index in [0.717, 1.165) is 22.6 Å². The lowest BCUT2D eigenvalue weighted by molar-refractivity contribution is 0.414. The minimum Gasteiger partial charge on any atom is -0.497 e. The molecular formula is C17H15FN2OS. The van der Waals surface area contributed by atoms with E-state index >= 15 is 0 Å². The van der Waals surface area contributed by atoms with Gasteiger partial charge in [0.25, 0.3) is 0 Å². The van der Waals surface area contributed by atoms with Crippen LogP contribution in [0, 0.1) is 5.82 Å². The van der Waals surface area contributed by atoms with Crippen molar-refractivity contribution in [1.82, 2.24) is 0 Å². The van der Waals surface area contributed by atoms with Crippen LogP contribution >= 0.6 is 11.8 Å². The molecule has 2 aromatic carbocycles. The zero-order valence-electron chi connectivity index (χ0n) is 12.0. The Morgan fingerprint density at radius 1 is 1.09 bits per heavy atom. The van der Waals surface area contributed by atoms with E-state index in [1.807, 2.05) is 30.3 Å². The van der Waals surface area contributed by atoms with Gasteiger partial charge in [0.1, 0.15) is 11.6 Å². The van der Waals surface area contributed by atoms with Gasteiger partial charge in [-0.05, 0) is 48.0 Å². The predicted octanol–water partition coefficient (Wildman–Crippen LogP) is 3.98.